The summed E-state index contributed by atoms with van der Waals surface area (Å²) in [5, 5.41) is 3.50. The summed E-state index contributed by atoms with van der Waals surface area (Å²) in [6.45, 7) is 4.31. The van der Waals surface area contributed by atoms with Crippen LogP contribution in [0.3, 0.4) is 0 Å². The zero-order chi connectivity index (χ0) is 17.4. The Morgan fingerprint density at radius 3 is 2.28 bits per heavy atom. The first kappa shape index (κ1) is 15.8. The van der Waals surface area contributed by atoms with Crippen molar-refractivity contribution in [3.63, 3.8) is 0 Å². The fraction of sp³-hybridized carbons (Fsp3) is 0.174. The van der Waals surface area contributed by atoms with Gasteiger partial charge in [0.1, 0.15) is 5.82 Å². The van der Waals surface area contributed by atoms with E-state index in [9.17, 15) is 4.39 Å². The standard InChI is InChI=1S/C23H20FN/c1-3-15-11-16(4-2)13-18(12-15)23-20-10-9-17-7-5-6-8-19(17)22(20)21(24)14-25-23/h5-14H,3-4H2,1-2H3. The highest BCUT2D eigenvalue weighted by atomic mass is 19.1. The molecule has 0 atom stereocenters. The van der Waals surface area contributed by atoms with Crippen molar-refractivity contribution in [2.45, 2.75) is 26.7 Å². The molecule has 4 rings (SSSR count). The number of aromatic nitrogens is 1. The number of halogens is 1. The lowest BCUT2D eigenvalue weighted by Crippen LogP contribution is -1.94. The number of pyridine rings is 1. The minimum absolute atomic E-state index is 0.266. The van der Waals surface area contributed by atoms with Crippen LogP contribution in [0.25, 0.3) is 32.8 Å². The molecule has 0 aliphatic rings. The average Bonchev–Trinajstić information content (AvgIpc) is 2.67. The van der Waals surface area contributed by atoms with Crippen molar-refractivity contribution in [2.75, 3.05) is 0 Å². The molecule has 3 aromatic carbocycles. The number of rotatable bonds is 3. The largest absolute Gasteiger partial charge is 0.253 e. The molecule has 1 aromatic heterocycles. The van der Waals surface area contributed by atoms with Gasteiger partial charge in [0, 0.05) is 16.3 Å². The molecule has 0 unspecified atom stereocenters. The molecule has 0 saturated carbocycles. The Balaban J connectivity index is 2.07. The van der Waals surface area contributed by atoms with Gasteiger partial charge in [-0.1, -0.05) is 56.3 Å². The molecule has 124 valence electrons. The van der Waals surface area contributed by atoms with Crippen LogP contribution in [0.4, 0.5) is 4.39 Å². The SMILES string of the molecule is CCc1cc(CC)cc(-c2ncc(F)c3c2ccc2ccccc23)c1. The number of benzene rings is 3. The second-order valence-corrected chi connectivity index (χ2v) is 6.41. The Morgan fingerprint density at radius 1 is 0.840 bits per heavy atom. The number of hydrogen-bond acceptors (Lipinski definition) is 1. The van der Waals surface area contributed by atoms with Crippen LogP contribution in [0.2, 0.25) is 0 Å². The van der Waals surface area contributed by atoms with E-state index in [1.807, 2.05) is 36.4 Å². The van der Waals surface area contributed by atoms with Crippen molar-refractivity contribution in [1.82, 2.24) is 4.98 Å². The summed E-state index contributed by atoms with van der Waals surface area (Å²) < 4.78 is 14.6. The summed E-state index contributed by atoms with van der Waals surface area (Å²) in [7, 11) is 0. The van der Waals surface area contributed by atoms with Crippen LogP contribution >= 0.6 is 0 Å². The summed E-state index contributed by atoms with van der Waals surface area (Å²) in [6, 6.07) is 18.6. The van der Waals surface area contributed by atoms with E-state index in [1.54, 1.807) is 0 Å². The minimum Gasteiger partial charge on any atom is -0.253 e. The lowest BCUT2D eigenvalue weighted by Gasteiger charge is -2.12. The van der Waals surface area contributed by atoms with Crippen LogP contribution in [0.15, 0.2) is 60.8 Å². The van der Waals surface area contributed by atoms with E-state index >= 15 is 0 Å². The molecule has 0 N–H and O–H groups in total. The Kier molecular flexibility index (Phi) is 3.96. The van der Waals surface area contributed by atoms with E-state index in [0.717, 1.165) is 40.3 Å². The fourth-order valence-corrected chi connectivity index (χ4v) is 3.52. The topological polar surface area (TPSA) is 12.9 Å². The maximum atomic E-state index is 14.6. The first-order chi connectivity index (χ1) is 12.2. The highest BCUT2D eigenvalue weighted by molar-refractivity contribution is 6.11. The van der Waals surface area contributed by atoms with Crippen molar-refractivity contribution in [3.05, 3.63) is 77.7 Å². The predicted octanol–water partition coefficient (Wildman–Crippen LogP) is 6.32. The van der Waals surface area contributed by atoms with Crippen LogP contribution in [0.5, 0.6) is 0 Å². The Hall–Kier alpha value is -2.74. The maximum Gasteiger partial charge on any atom is 0.149 e. The van der Waals surface area contributed by atoms with Gasteiger partial charge in [-0.05, 0) is 46.9 Å². The van der Waals surface area contributed by atoms with Crippen molar-refractivity contribution in [1.29, 1.82) is 0 Å². The highest BCUT2D eigenvalue weighted by Gasteiger charge is 2.13. The van der Waals surface area contributed by atoms with Gasteiger partial charge in [0.05, 0.1) is 11.9 Å². The summed E-state index contributed by atoms with van der Waals surface area (Å²) in [4.78, 5) is 4.46. The zero-order valence-electron chi connectivity index (χ0n) is 14.5. The molecular formula is C23H20FN. The minimum atomic E-state index is -0.266. The predicted molar refractivity (Wildman–Crippen MR) is 103 cm³/mol. The number of hydrogen-bond donors (Lipinski definition) is 0. The van der Waals surface area contributed by atoms with E-state index in [0.29, 0.717) is 5.39 Å². The lowest BCUT2D eigenvalue weighted by molar-refractivity contribution is 0.635. The Labute approximate surface area is 147 Å². The summed E-state index contributed by atoms with van der Waals surface area (Å²) in [5.41, 5.74) is 4.49. The second kappa shape index (κ2) is 6.29. The molecule has 1 nitrogen and oxygen atoms in total. The third-order valence-corrected chi connectivity index (χ3v) is 4.87. The van der Waals surface area contributed by atoms with Gasteiger partial charge in [-0.2, -0.15) is 0 Å². The van der Waals surface area contributed by atoms with Crippen LogP contribution < -0.4 is 0 Å². The molecule has 0 radical (unpaired) electrons. The normalized spacial score (nSPS) is 11.3. The molecule has 1 heterocycles. The van der Waals surface area contributed by atoms with Gasteiger partial charge in [-0.3, -0.25) is 4.98 Å². The molecule has 2 heteroatoms. The Bertz CT molecular complexity index is 1060. The molecule has 0 aliphatic carbocycles. The molecule has 0 amide bonds. The van der Waals surface area contributed by atoms with Gasteiger partial charge in [-0.25, -0.2) is 4.39 Å². The van der Waals surface area contributed by atoms with E-state index in [1.165, 1.54) is 17.3 Å². The van der Waals surface area contributed by atoms with Crippen LogP contribution in [-0.2, 0) is 12.8 Å². The second-order valence-electron chi connectivity index (χ2n) is 6.41. The van der Waals surface area contributed by atoms with Gasteiger partial charge >= 0.3 is 0 Å². The van der Waals surface area contributed by atoms with Gasteiger partial charge < -0.3 is 0 Å². The summed E-state index contributed by atoms with van der Waals surface area (Å²) >= 11 is 0. The van der Waals surface area contributed by atoms with Crippen molar-refractivity contribution in [3.8, 4) is 11.3 Å². The maximum absolute atomic E-state index is 14.6. The van der Waals surface area contributed by atoms with E-state index in [-0.39, 0.29) is 5.82 Å². The van der Waals surface area contributed by atoms with Gasteiger partial charge in [-0.15, -0.1) is 0 Å². The highest BCUT2D eigenvalue weighted by Crippen LogP contribution is 2.34. The zero-order valence-corrected chi connectivity index (χ0v) is 14.5. The number of nitrogens with zero attached hydrogens (tertiary/aromatic N) is 1. The molecule has 4 aromatic rings. The molecule has 0 saturated heterocycles. The van der Waals surface area contributed by atoms with E-state index in [4.69, 9.17) is 0 Å². The monoisotopic (exact) mass is 329 g/mol. The Morgan fingerprint density at radius 2 is 1.56 bits per heavy atom. The summed E-state index contributed by atoms with van der Waals surface area (Å²) in [6.07, 6.45) is 3.31. The third-order valence-electron chi connectivity index (χ3n) is 4.87. The molecule has 0 aliphatic heterocycles. The summed E-state index contributed by atoms with van der Waals surface area (Å²) in [5.74, 6) is -0.266. The van der Waals surface area contributed by atoms with Crippen LogP contribution in [-0.4, -0.2) is 4.98 Å². The molecular weight excluding hydrogens is 309 g/mol. The van der Waals surface area contributed by atoms with Crippen molar-refractivity contribution >= 4 is 21.5 Å². The van der Waals surface area contributed by atoms with E-state index < -0.39 is 0 Å². The smallest absolute Gasteiger partial charge is 0.149 e. The first-order valence-corrected chi connectivity index (χ1v) is 8.80. The van der Waals surface area contributed by atoms with Crippen molar-refractivity contribution in [2.24, 2.45) is 0 Å². The first-order valence-electron chi connectivity index (χ1n) is 8.80. The van der Waals surface area contributed by atoms with Crippen LogP contribution in [0, 0.1) is 5.82 Å². The molecule has 0 fully saturated rings. The van der Waals surface area contributed by atoms with Crippen LogP contribution in [0.1, 0.15) is 25.0 Å². The fourth-order valence-electron chi connectivity index (χ4n) is 3.52. The quantitative estimate of drug-likeness (QED) is 0.401. The van der Waals surface area contributed by atoms with E-state index in [2.05, 4.69) is 37.0 Å². The number of aryl methyl sites for hydroxylation is 2. The molecule has 0 bridgehead atoms. The third kappa shape index (κ3) is 2.68. The molecule has 0 spiro atoms. The molecule has 25 heavy (non-hydrogen) atoms. The van der Waals surface area contributed by atoms with Gasteiger partial charge in [0.25, 0.3) is 0 Å². The van der Waals surface area contributed by atoms with Gasteiger partial charge in [0.15, 0.2) is 0 Å². The lowest BCUT2D eigenvalue weighted by atomic mass is 9.95. The number of fused-ring (bicyclic) bond motifs is 3. The average molecular weight is 329 g/mol. The van der Waals surface area contributed by atoms with Gasteiger partial charge in [0.2, 0.25) is 0 Å². The van der Waals surface area contributed by atoms with Crippen molar-refractivity contribution < 1.29 is 4.39 Å².